The molecule has 1 aromatic heterocycles. The Hall–Kier alpha value is -1.08. The van der Waals surface area contributed by atoms with Crippen molar-refractivity contribution in [3.63, 3.8) is 0 Å². The number of carbonyl (C=O) groups is 1. The maximum atomic E-state index is 12.1. The molecule has 0 saturated heterocycles. The summed E-state index contributed by atoms with van der Waals surface area (Å²) >= 11 is 6.87. The fraction of sp³-hybridized carbons (Fsp3) is 0.154. The van der Waals surface area contributed by atoms with E-state index in [1.165, 1.54) is 6.07 Å². The van der Waals surface area contributed by atoms with Gasteiger partial charge in [-0.3, -0.25) is 4.79 Å². The maximum Gasteiger partial charge on any atom is 0.270 e. The largest absolute Gasteiger partial charge is 0.347 e. The summed E-state index contributed by atoms with van der Waals surface area (Å²) in [7, 11) is 1.53. The summed E-state index contributed by atoms with van der Waals surface area (Å²) in [6.45, 7) is 2.03. The van der Waals surface area contributed by atoms with Gasteiger partial charge in [0.05, 0.1) is 6.54 Å². The summed E-state index contributed by atoms with van der Waals surface area (Å²) in [5.41, 5.74) is 1.30. The first-order valence-corrected chi connectivity index (χ1v) is 9.35. The highest BCUT2D eigenvalue weighted by Gasteiger charge is 2.14. The van der Waals surface area contributed by atoms with Crippen molar-refractivity contribution in [2.75, 3.05) is 0 Å². The van der Waals surface area contributed by atoms with Gasteiger partial charge in [0.1, 0.15) is 4.21 Å². The van der Waals surface area contributed by atoms with Gasteiger partial charge in [0.15, 0.2) is 0 Å². The molecule has 0 saturated carbocycles. The predicted molar refractivity (Wildman–Crippen MR) is 84.7 cm³/mol. The van der Waals surface area contributed by atoms with Gasteiger partial charge in [-0.15, -0.1) is 11.3 Å². The van der Waals surface area contributed by atoms with Gasteiger partial charge in [0.2, 0.25) is 0 Å². The van der Waals surface area contributed by atoms with Gasteiger partial charge in [-0.2, -0.15) is 0 Å². The van der Waals surface area contributed by atoms with E-state index in [0.717, 1.165) is 16.9 Å². The lowest BCUT2D eigenvalue weighted by molar-refractivity contribution is 0.0950. The predicted octanol–water partition coefficient (Wildman–Crippen LogP) is 3.57. The second kappa shape index (κ2) is 6.36. The summed E-state index contributed by atoms with van der Waals surface area (Å²) < 4.78 is 22.4. The van der Waals surface area contributed by atoms with Crippen LogP contribution in [-0.4, -0.2) is 14.3 Å². The summed E-state index contributed by atoms with van der Waals surface area (Å²) in [5, 5.41) is 3.30. The zero-order valence-corrected chi connectivity index (χ0v) is 14.0. The third-order valence-corrected chi connectivity index (χ3v) is 6.15. The van der Waals surface area contributed by atoms with Crippen LogP contribution in [0.3, 0.4) is 0 Å². The summed E-state index contributed by atoms with van der Waals surface area (Å²) in [5.74, 6) is -0.243. The fourth-order valence-electron chi connectivity index (χ4n) is 1.73. The van der Waals surface area contributed by atoms with Crippen LogP contribution in [0.4, 0.5) is 0 Å². The molecule has 0 aliphatic carbocycles. The van der Waals surface area contributed by atoms with E-state index < -0.39 is 9.05 Å². The zero-order chi connectivity index (χ0) is 15.6. The first kappa shape index (κ1) is 16.3. The van der Waals surface area contributed by atoms with Crippen LogP contribution in [0.5, 0.6) is 0 Å². The molecule has 1 aromatic carbocycles. The molecule has 8 heteroatoms. The highest BCUT2D eigenvalue weighted by atomic mass is 35.7. The van der Waals surface area contributed by atoms with E-state index in [-0.39, 0.29) is 16.7 Å². The quantitative estimate of drug-likeness (QED) is 0.844. The van der Waals surface area contributed by atoms with Gasteiger partial charge >= 0.3 is 0 Å². The number of amides is 1. The molecule has 1 amide bonds. The molecule has 1 heterocycles. The van der Waals surface area contributed by atoms with Crippen molar-refractivity contribution in [1.82, 2.24) is 5.32 Å². The molecular weight excluding hydrogens is 353 g/mol. The van der Waals surface area contributed by atoms with Crippen LogP contribution in [0.1, 0.15) is 20.8 Å². The zero-order valence-electron chi connectivity index (χ0n) is 10.9. The molecule has 0 spiro atoms. The molecule has 21 heavy (non-hydrogen) atoms. The molecule has 1 N–H and O–H groups in total. The number of aryl methyl sites for hydroxylation is 1. The molecule has 112 valence electrons. The summed E-state index contributed by atoms with van der Waals surface area (Å²) in [6, 6.07) is 8.04. The molecule has 0 atom stereocenters. The van der Waals surface area contributed by atoms with E-state index in [1.807, 2.05) is 0 Å². The van der Waals surface area contributed by atoms with Crippen LogP contribution in [0, 0.1) is 6.92 Å². The van der Waals surface area contributed by atoms with Gasteiger partial charge in [-0.05, 0) is 42.8 Å². The molecule has 0 unspecified atom stereocenters. The smallest absolute Gasteiger partial charge is 0.270 e. The van der Waals surface area contributed by atoms with E-state index in [2.05, 4.69) is 5.32 Å². The Morgan fingerprint density at radius 2 is 2.00 bits per heavy atom. The number of nitrogens with one attached hydrogen (secondary N) is 1. The van der Waals surface area contributed by atoms with Crippen LogP contribution in [0.25, 0.3) is 0 Å². The highest BCUT2D eigenvalue weighted by molar-refractivity contribution is 8.15. The number of carbonyl (C=O) groups excluding carboxylic acids is 1. The van der Waals surface area contributed by atoms with Gasteiger partial charge in [0.25, 0.3) is 15.0 Å². The molecule has 0 aliphatic rings. The van der Waals surface area contributed by atoms with Crippen LogP contribution in [0.15, 0.2) is 34.5 Å². The van der Waals surface area contributed by atoms with E-state index in [9.17, 15) is 13.2 Å². The SMILES string of the molecule is Cc1cc(Cl)ccc1C(=O)NCc1ccc(S(=O)(=O)Cl)s1. The Morgan fingerprint density at radius 1 is 1.29 bits per heavy atom. The summed E-state index contributed by atoms with van der Waals surface area (Å²) in [4.78, 5) is 12.8. The van der Waals surface area contributed by atoms with Gasteiger partial charge in [-0.25, -0.2) is 8.42 Å². The maximum absolute atomic E-state index is 12.1. The monoisotopic (exact) mass is 363 g/mol. The molecular formula is C13H11Cl2NO3S2. The number of rotatable bonds is 4. The molecule has 0 bridgehead atoms. The molecule has 0 aliphatic heterocycles. The minimum absolute atomic E-state index is 0.0658. The number of hydrogen-bond acceptors (Lipinski definition) is 4. The van der Waals surface area contributed by atoms with Gasteiger partial charge < -0.3 is 5.32 Å². The van der Waals surface area contributed by atoms with E-state index >= 15 is 0 Å². The van der Waals surface area contributed by atoms with Crippen LogP contribution >= 0.6 is 33.6 Å². The standard InChI is InChI=1S/C13H11Cl2NO3S2/c1-8-6-9(14)2-4-11(8)13(17)16-7-10-3-5-12(20-10)21(15,18)19/h2-6H,7H2,1H3,(H,16,17). The highest BCUT2D eigenvalue weighted by Crippen LogP contribution is 2.24. The lowest BCUT2D eigenvalue weighted by atomic mass is 10.1. The Morgan fingerprint density at radius 3 is 2.57 bits per heavy atom. The number of benzene rings is 1. The number of halogens is 2. The average molecular weight is 364 g/mol. The first-order chi connectivity index (χ1) is 9.77. The van der Waals surface area contributed by atoms with Crippen LogP contribution in [0.2, 0.25) is 5.02 Å². The van der Waals surface area contributed by atoms with Crippen LogP contribution in [-0.2, 0) is 15.6 Å². The second-order valence-corrected chi connectivity index (χ2v) is 8.70. The first-order valence-electron chi connectivity index (χ1n) is 5.85. The third-order valence-electron chi connectivity index (χ3n) is 2.73. The minimum atomic E-state index is -3.72. The van der Waals surface area contributed by atoms with Gasteiger partial charge in [0, 0.05) is 26.1 Å². The van der Waals surface area contributed by atoms with Crippen molar-refractivity contribution in [3.05, 3.63) is 51.4 Å². The van der Waals surface area contributed by atoms with Crippen molar-refractivity contribution in [3.8, 4) is 0 Å². The van der Waals surface area contributed by atoms with Crippen molar-refractivity contribution in [2.24, 2.45) is 0 Å². The average Bonchev–Trinajstić information content (AvgIpc) is 2.84. The minimum Gasteiger partial charge on any atom is -0.347 e. The second-order valence-electron chi connectivity index (χ2n) is 4.30. The molecule has 0 fully saturated rings. The van der Waals surface area contributed by atoms with Gasteiger partial charge in [-0.1, -0.05) is 11.6 Å². The lowest BCUT2D eigenvalue weighted by Crippen LogP contribution is -2.23. The Bertz CT molecular complexity index is 784. The lowest BCUT2D eigenvalue weighted by Gasteiger charge is -2.07. The fourth-order valence-corrected chi connectivity index (χ4v) is 4.02. The van der Waals surface area contributed by atoms with E-state index in [1.54, 1.807) is 31.2 Å². The number of hydrogen-bond donors (Lipinski definition) is 1. The summed E-state index contributed by atoms with van der Waals surface area (Å²) in [6.07, 6.45) is 0. The van der Waals surface area contributed by atoms with E-state index in [4.69, 9.17) is 22.3 Å². The Kier molecular flexibility index (Phi) is 4.93. The number of thiophene rings is 1. The molecule has 0 radical (unpaired) electrons. The van der Waals surface area contributed by atoms with Crippen molar-refractivity contribution in [2.45, 2.75) is 17.7 Å². The Balaban J connectivity index is 2.06. The molecule has 2 aromatic rings. The van der Waals surface area contributed by atoms with E-state index in [0.29, 0.717) is 15.5 Å². The van der Waals surface area contributed by atoms with Crippen molar-refractivity contribution in [1.29, 1.82) is 0 Å². The topological polar surface area (TPSA) is 63.2 Å². The van der Waals surface area contributed by atoms with Crippen LogP contribution < -0.4 is 5.32 Å². The molecule has 2 rings (SSSR count). The van der Waals surface area contributed by atoms with Crippen molar-refractivity contribution >= 4 is 48.6 Å². The normalized spacial score (nSPS) is 11.4. The Labute approximate surface area is 136 Å². The molecule has 4 nitrogen and oxygen atoms in total. The third kappa shape index (κ3) is 4.20. The van der Waals surface area contributed by atoms with Crippen molar-refractivity contribution < 1.29 is 13.2 Å².